The van der Waals surface area contributed by atoms with Crippen molar-refractivity contribution < 1.29 is 0 Å². The second kappa shape index (κ2) is 9.50. The minimum atomic E-state index is 0.992. The van der Waals surface area contributed by atoms with Crippen LogP contribution in [-0.4, -0.2) is 14.8 Å². The van der Waals surface area contributed by atoms with E-state index >= 15 is 0 Å². The Morgan fingerprint density at radius 2 is 1.36 bits per heavy atom. The predicted octanol–water partition coefficient (Wildman–Crippen LogP) is 5.20. The highest BCUT2D eigenvalue weighted by Crippen LogP contribution is 2.30. The van der Waals surface area contributed by atoms with Gasteiger partial charge in [0.1, 0.15) is 5.69 Å². The van der Waals surface area contributed by atoms with E-state index in [0.717, 1.165) is 16.8 Å². The van der Waals surface area contributed by atoms with Crippen LogP contribution in [0.3, 0.4) is 0 Å². The number of aryl methyl sites for hydroxylation is 1. The van der Waals surface area contributed by atoms with E-state index < -0.39 is 0 Å². The van der Waals surface area contributed by atoms with Gasteiger partial charge in [0.2, 0.25) is 0 Å². The number of nitrogens with zero attached hydrogens (tertiary/aromatic N) is 3. The summed E-state index contributed by atoms with van der Waals surface area (Å²) in [6.07, 6.45) is 5.63. The molecule has 2 aromatic heterocycles. The molecule has 0 atom stereocenters. The topological polar surface area (TPSA) is 30.7 Å². The summed E-state index contributed by atoms with van der Waals surface area (Å²) in [6, 6.07) is 14.3. The summed E-state index contributed by atoms with van der Waals surface area (Å²) in [5.41, 5.74) is 4.40. The molecule has 0 unspecified atom stereocenters. The highest BCUT2D eigenvalue weighted by atomic mass is 15.2. The summed E-state index contributed by atoms with van der Waals surface area (Å²) < 4.78 is 1.85. The van der Waals surface area contributed by atoms with Crippen molar-refractivity contribution in [1.29, 1.82) is 0 Å². The van der Waals surface area contributed by atoms with Crippen molar-refractivity contribution in [2.24, 2.45) is 7.05 Å². The van der Waals surface area contributed by atoms with Crippen LogP contribution in [0.5, 0.6) is 0 Å². The Bertz CT molecular complexity index is 586. The van der Waals surface area contributed by atoms with Crippen molar-refractivity contribution in [3.05, 3.63) is 61.1 Å². The highest BCUT2D eigenvalue weighted by Gasteiger charge is 2.11. The quantitative estimate of drug-likeness (QED) is 0.650. The van der Waals surface area contributed by atoms with Gasteiger partial charge in [0.05, 0.1) is 0 Å². The summed E-state index contributed by atoms with van der Waals surface area (Å²) >= 11 is 0. The summed E-state index contributed by atoms with van der Waals surface area (Å²) in [5, 5.41) is 4.55. The molecule has 3 aromatic rings. The average Bonchev–Trinajstić information content (AvgIpc) is 3.02. The fraction of sp³-hybridized carbons (Fsp3) is 0.263. The van der Waals surface area contributed by atoms with Crippen molar-refractivity contribution in [2.45, 2.75) is 27.7 Å². The van der Waals surface area contributed by atoms with E-state index in [-0.39, 0.29) is 0 Å². The molecule has 3 heteroatoms. The molecule has 3 rings (SSSR count). The Labute approximate surface area is 133 Å². The Morgan fingerprint density at radius 3 is 1.95 bits per heavy atom. The van der Waals surface area contributed by atoms with E-state index in [4.69, 9.17) is 0 Å². The smallest absolute Gasteiger partial charge is 0.100 e. The zero-order chi connectivity index (χ0) is 16.4. The Balaban J connectivity index is 0.000000561. The third kappa shape index (κ3) is 4.29. The monoisotopic (exact) mass is 295 g/mol. The first-order chi connectivity index (χ1) is 10.8. The summed E-state index contributed by atoms with van der Waals surface area (Å²) in [7, 11) is 1.94. The molecule has 1 aromatic carbocycles. The van der Waals surface area contributed by atoms with Gasteiger partial charge in [-0.2, -0.15) is 5.10 Å². The van der Waals surface area contributed by atoms with Gasteiger partial charge in [-0.15, -0.1) is 0 Å². The van der Waals surface area contributed by atoms with E-state index in [1.165, 1.54) is 5.56 Å². The summed E-state index contributed by atoms with van der Waals surface area (Å²) in [5.74, 6) is 0. The van der Waals surface area contributed by atoms with Gasteiger partial charge in [0.25, 0.3) is 0 Å². The highest BCUT2D eigenvalue weighted by molar-refractivity contribution is 5.80. The molecule has 0 radical (unpaired) electrons. The molecule has 0 N–H and O–H groups in total. The van der Waals surface area contributed by atoms with Crippen molar-refractivity contribution in [1.82, 2.24) is 14.8 Å². The minimum Gasteiger partial charge on any atom is -0.275 e. The van der Waals surface area contributed by atoms with E-state index in [0.29, 0.717) is 0 Å². The molecule has 0 spiro atoms. The second-order valence-corrected chi connectivity index (χ2v) is 4.17. The first-order valence-electron chi connectivity index (χ1n) is 7.84. The van der Waals surface area contributed by atoms with Gasteiger partial charge < -0.3 is 0 Å². The number of pyridine rings is 1. The lowest BCUT2D eigenvalue weighted by molar-refractivity contribution is 0.771. The molecular weight excluding hydrogens is 270 g/mol. The number of hydrogen-bond acceptors (Lipinski definition) is 2. The Morgan fingerprint density at radius 1 is 0.773 bits per heavy atom. The lowest BCUT2D eigenvalue weighted by Crippen LogP contribution is -1.87. The van der Waals surface area contributed by atoms with Crippen LogP contribution in [0.2, 0.25) is 0 Å². The lowest BCUT2D eigenvalue weighted by atomic mass is 10.0. The summed E-state index contributed by atoms with van der Waals surface area (Å²) in [4.78, 5) is 4.05. The van der Waals surface area contributed by atoms with Gasteiger partial charge in [0.15, 0.2) is 0 Å². The first-order valence-corrected chi connectivity index (χ1v) is 7.84. The molecule has 0 aliphatic rings. The van der Waals surface area contributed by atoms with Crippen molar-refractivity contribution in [3.63, 3.8) is 0 Å². The van der Waals surface area contributed by atoms with Crippen LogP contribution in [0, 0.1) is 0 Å². The largest absolute Gasteiger partial charge is 0.275 e. The van der Waals surface area contributed by atoms with Crippen LogP contribution in [0.15, 0.2) is 61.1 Å². The number of hydrogen-bond donors (Lipinski definition) is 0. The fourth-order valence-corrected chi connectivity index (χ4v) is 2.04. The third-order valence-corrected chi connectivity index (χ3v) is 2.87. The van der Waals surface area contributed by atoms with E-state index in [1.807, 2.05) is 76.0 Å². The first kappa shape index (κ1) is 17.6. The maximum Gasteiger partial charge on any atom is 0.100 e. The van der Waals surface area contributed by atoms with Crippen molar-refractivity contribution in [3.8, 4) is 22.4 Å². The predicted molar refractivity (Wildman–Crippen MR) is 94.6 cm³/mol. The molecule has 0 bridgehead atoms. The maximum absolute atomic E-state index is 4.55. The molecular formula is C19H25N3. The van der Waals surface area contributed by atoms with Gasteiger partial charge in [-0.05, 0) is 17.7 Å². The molecule has 22 heavy (non-hydrogen) atoms. The SMILES string of the molecule is CC.CC.Cn1cc(-c2ccccc2)c(-c2ccncc2)n1. The molecule has 3 nitrogen and oxygen atoms in total. The van der Waals surface area contributed by atoms with Gasteiger partial charge in [-0.3, -0.25) is 9.67 Å². The van der Waals surface area contributed by atoms with Crippen LogP contribution in [0.4, 0.5) is 0 Å². The molecule has 116 valence electrons. The number of rotatable bonds is 2. The van der Waals surface area contributed by atoms with Gasteiger partial charge >= 0.3 is 0 Å². The fourth-order valence-electron chi connectivity index (χ4n) is 2.04. The molecule has 0 fully saturated rings. The summed E-state index contributed by atoms with van der Waals surface area (Å²) in [6.45, 7) is 8.00. The molecule has 0 amide bonds. The molecule has 2 heterocycles. The average molecular weight is 295 g/mol. The van der Waals surface area contributed by atoms with Crippen LogP contribution >= 0.6 is 0 Å². The Kier molecular flexibility index (Phi) is 7.62. The van der Waals surface area contributed by atoms with Gasteiger partial charge in [-0.25, -0.2) is 0 Å². The van der Waals surface area contributed by atoms with Crippen molar-refractivity contribution in [2.75, 3.05) is 0 Å². The second-order valence-electron chi connectivity index (χ2n) is 4.17. The molecule has 0 aliphatic heterocycles. The van der Waals surface area contributed by atoms with E-state index in [9.17, 15) is 0 Å². The minimum absolute atomic E-state index is 0.992. The standard InChI is InChI=1S/C15H13N3.2C2H6/c1-18-11-14(12-5-3-2-4-6-12)15(17-18)13-7-9-16-10-8-13;2*1-2/h2-11H,1H3;2*1-2H3. The van der Waals surface area contributed by atoms with Crippen LogP contribution in [0.1, 0.15) is 27.7 Å². The van der Waals surface area contributed by atoms with Crippen LogP contribution in [0.25, 0.3) is 22.4 Å². The van der Waals surface area contributed by atoms with Crippen molar-refractivity contribution >= 4 is 0 Å². The van der Waals surface area contributed by atoms with E-state index in [1.54, 1.807) is 12.4 Å². The number of aromatic nitrogens is 3. The zero-order valence-corrected chi connectivity index (χ0v) is 14.1. The molecule has 0 saturated carbocycles. The third-order valence-electron chi connectivity index (χ3n) is 2.87. The number of benzene rings is 1. The van der Waals surface area contributed by atoms with Gasteiger partial charge in [-0.1, -0.05) is 58.0 Å². The molecule has 0 aliphatic carbocycles. The van der Waals surface area contributed by atoms with Crippen LogP contribution in [-0.2, 0) is 7.05 Å². The molecule has 0 saturated heterocycles. The zero-order valence-electron chi connectivity index (χ0n) is 14.1. The van der Waals surface area contributed by atoms with E-state index in [2.05, 4.69) is 22.2 Å². The maximum atomic E-state index is 4.55. The Hall–Kier alpha value is -2.42. The normalized spacial score (nSPS) is 9.14. The lowest BCUT2D eigenvalue weighted by Gasteiger charge is -2.01. The van der Waals surface area contributed by atoms with Gasteiger partial charge in [0, 0.05) is 36.8 Å². The van der Waals surface area contributed by atoms with Crippen LogP contribution < -0.4 is 0 Å².